The molecule has 2 aromatic rings. The van der Waals surface area contributed by atoms with Gasteiger partial charge >= 0.3 is 0 Å². The van der Waals surface area contributed by atoms with Gasteiger partial charge in [-0.2, -0.15) is 0 Å². The first kappa shape index (κ1) is 29.8. The van der Waals surface area contributed by atoms with E-state index in [4.69, 9.17) is 58.0 Å². The maximum Gasteiger partial charge on any atom is 0.244 e. The molecule has 0 aliphatic rings. The number of carbonyl (C=O) groups excluding carboxylic acids is 2. The Labute approximate surface area is 230 Å². The molecule has 0 aromatic heterocycles. The number of carbonyl (C=O) groups is 2. The molecule has 2 amide bonds. The predicted molar refractivity (Wildman–Crippen MR) is 143 cm³/mol. The summed E-state index contributed by atoms with van der Waals surface area (Å²) in [6.07, 6.45) is 1.64. The Hall–Kier alpha value is -1.42. The van der Waals surface area contributed by atoms with E-state index in [1.165, 1.54) is 17.0 Å². The third-order valence-electron chi connectivity index (χ3n) is 4.99. The molecule has 13 heteroatoms. The topological polar surface area (TPSA) is 86.8 Å². The number of hydrogen-bond acceptors (Lipinski definition) is 4. The Bertz CT molecular complexity index is 1210. The minimum Gasteiger partial charge on any atom is -0.354 e. The quantitative estimate of drug-likeness (QED) is 0.355. The second-order valence-electron chi connectivity index (χ2n) is 7.72. The molecule has 0 aliphatic heterocycles. The van der Waals surface area contributed by atoms with Crippen molar-refractivity contribution in [2.75, 3.05) is 23.7 Å². The lowest BCUT2D eigenvalue weighted by Crippen LogP contribution is -2.51. The maximum atomic E-state index is 13.5. The van der Waals surface area contributed by atoms with Gasteiger partial charge < -0.3 is 10.2 Å². The summed E-state index contributed by atoms with van der Waals surface area (Å²) >= 11 is 30.4. The van der Waals surface area contributed by atoms with Gasteiger partial charge in [-0.3, -0.25) is 13.9 Å². The number of nitrogens with zero attached hydrogens (tertiary/aromatic N) is 2. The molecule has 0 radical (unpaired) electrons. The fraction of sp³-hybridized carbons (Fsp3) is 0.364. The fourth-order valence-electron chi connectivity index (χ4n) is 3.11. The van der Waals surface area contributed by atoms with E-state index in [2.05, 4.69) is 5.32 Å². The second-order valence-corrected chi connectivity index (χ2v) is 11.7. The van der Waals surface area contributed by atoms with Crippen LogP contribution in [0.3, 0.4) is 0 Å². The lowest BCUT2D eigenvalue weighted by molar-refractivity contribution is -0.139. The normalized spacial score (nSPS) is 12.2. The highest BCUT2D eigenvalue weighted by Crippen LogP contribution is 2.35. The molecule has 0 saturated heterocycles. The zero-order valence-corrected chi connectivity index (χ0v) is 23.7. The van der Waals surface area contributed by atoms with Gasteiger partial charge in [0.2, 0.25) is 21.8 Å². The Morgan fingerprint density at radius 2 is 1.54 bits per heavy atom. The van der Waals surface area contributed by atoms with Crippen molar-refractivity contribution in [3.63, 3.8) is 0 Å². The zero-order valence-electron chi connectivity index (χ0n) is 19.1. The van der Waals surface area contributed by atoms with Gasteiger partial charge in [0.15, 0.2) is 0 Å². The Morgan fingerprint density at radius 3 is 2.11 bits per heavy atom. The third-order valence-corrected chi connectivity index (χ3v) is 7.88. The summed E-state index contributed by atoms with van der Waals surface area (Å²) in [5, 5.41) is 3.54. The molecule has 1 atom stereocenters. The van der Waals surface area contributed by atoms with Crippen LogP contribution >= 0.6 is 58.0 Å². The van der Waals surface area contributed by atoms with Gasteiger partial charge in [-0.1, -0.05) is 71.0 Å². The van der Waals surface area contributed by atoms with Crippen molar-refractivity contribution >= 4 is 85.5 Å². The standard InChI is InChI=1S/C22H24Cl5N3O4S/c1-4-7-28-22(32)13(2)29(11-14-5-6-15(23)16(24)8-14)21(31)12-30(35(3,33)34)20-10-18(26)17(25)9-19(20)27/h5-6,8-10,13H,4,7,11-12H2,1-3H3,(H,28,32)/t13-/m0/s1. The average molecular weight is 604 g/mol. The van der Waals surface area contributed by atoms with Gasteiger partial charge in [-0.15, -0.1) is 0 Å². The van der Waals surface area contributed by atoms with Crippen LogP contribution in [-0.4, -0.2) is 50.5 Å². The van der Waals surface area contributed by atoms with Crippen LogP contribution in [0.1, 0.15) is 25.8 Å². The highest BCUT2D eigenvalue weighted by atomic mass is 35.5. The lowest BCUT2D eigenvalue weighted by Gasteiger charge is -2.31. The van der Waals surface area contributed by atoms with E-state index >= 15 is 0 Å². The minimum absolute atomic E-state index is 0.0117. The molecule has 0 spiro atoms. The molecule has 0 aliphatic carbocycles. The molecule has 1 N–H and O–H groups in total. The van der Waals surface area contributed by atoms with Gasteiger partial charge in [0.1, 0.15) is 12.6 Å². The van der Waals surface area contributed by atoms with Gasteiger partial charge in [0.05, 0.1) is 37.1 Å². The van der Waals surface area contributed by atoms with Gasteiger partial charge in [-0.25, -0.2) is 8.42 Å². The second kappa shape index (κ2) is 12.7. The van der Waals surface area contributed by atoms with Crippen LogP contribution < -0.4 is 9.62 Å². The molecule has 0 heterocycles. The lowest BCUT2D eigenvalue weighted by atomic mass is 10.1. The fourth-order valence-corrected chi connectivity index (χ4v) is 4.98. The first-order chi connectivity index (χ1) is 16.3. The highest BCUT2D eigenvalue weighted by Gasteiger charge is 2.31. The first-order valence-electron chi connectivity index (χ1n) is 10.4. The van der Waals surface area contributed by atoms with Crippen molar-refractivity contribution in [1.29, 1.82) is 0 Å². The van der Waals surface area contributed by atoms with Crippen LogP contribution in [0.2, 0.25) is 25.1 Å². The van der Waals surface area contributed by atoms with E-state index in [0.717, 1.165) is 10.6 Å². The monoisotopic (exact) mass is 601 g/mol. The number of anilines is 1. The smallest absolute Gasteiger partial charge is 0.244 e. The molecular formula is C22H24Cl5N3O4S. The molecule has 7 nitrogen and oxygen atoms in total. The van der Waals surface area contributed by atoms with Crippen molar-refractivity contribution in [2.45, 2.75) is 32.9 Å². The first-order valence-corrected chi connectivity index (χ1v) is 14.1. The van der Waals surface area contributed by atoms with Crippen LogP contribution in [0, 0.1) is 0 Å². The van der Waals surface area contributed by atoms with Crippen molar-refractivity contribution in [3.05, 3.63) is 61.0 Å². The summed E-state index contributed by atoms with van der Waals surface area (Å²) in [4.78, 5) is 27.5. The molecule has 35 heavy (non-hydrogen) atoms. The van der Waals surface area contributed by atoms with Crippen LogP contribution in [0.4, 0.5) is 5.69 Å². The molecule has 0 unspecified atom stereocenters. The Balaban J connectivity index is 2.46. The summed E-state index contributed by atoms with van der Waals surface area (Å²) < 4.78 is 26.1. The molecule has 0 saturated carbocycles. The highest BCUT2D eigenvalue weighted by molar-refractivity contribution is 7.92. The molecule has 2 rings (SSSR count). The van der Waals surface area contributed by atoms with E-state index in [9.17, 15) is 18.0 Å². The number of rotatable bonds is 10. The molecule has 0 bridgehead atoms. The minimum atomic E-state index is -3.98. The van der Waals surface area contributed by atoms with Gasteiger partial charge in [-0.05, 0) is 43.2 Å². The van der Waals surface area contributed by atoms with Crippen LogP contribution in [-0.2, 0) is 26.2 Å². The zero-order chi connectivity index (χ0) is 26.5. The SMILES string of the molecule is CCCNC(=O)[C@H](C)N(Cc1ccc(Cl)c(Cl)c1)C(=O)CN(c1cc(Cl)c(Cl)cc1Cl)S(C)(=O)=O. The number of sulfonamides is 1. The average Bonchev–Trinajstić information content (AvgIpc) is 2.77. The van der Waals surface area contributed by atoms with Crippen molar-refractivity contribution in [3.8, 4) is 0 Å². The van der Waals surface area contributed by atoms with Crippen molar-refractivity contribution in [2.24, 2.45) is 0 Å². The molecule has 0 fully saturated rings. The number of hydrogen-bond donors (Lipinski definition) is 1. The van der Waals surface area contributed by atoms with E-state index in [-0.39, 0.29) is 32.3 Å². The summed E-state index contributed by atoms with van der Waals surface area (Å²) in [6.45, 7) is 3.21. The molecule has 192 valence electrons. The van der Waals surface area contributed by atoms with E-state index in [1.54, 1.807) is 25.1 Å². The Kier molecular flexibility index (Phi) is 10.8. The van der Waals surface area contributed by atoms with Gasteiger partial charge in [0, 0.05) is 13.1 Å². The molecule has 2 aromatic carbocycles. The summed E-state index contributed by atoms with van der Waals surface area (Å²) in [7, 11) is -3.98. The van der Waals surface area contributed by atoms with Gasteiger partial charge in [0.25, 0.3) is 0 Å². The number of halogens is 5. The summed E-state index contributed by atoms with van der Waals surface area (Å²) in [5.41, 5.74) is 0.579. The number of nitrogens with one attached hydrogen (secondary N) is 1. The summed E-state index contributed by atoms with van der Waals surface area (Å²) in [5.74, 6) is -1.04. The number of amides is 2. The van der Waals surface area contributed by atoms with Crippen molar-refractivity contribution in [1.82, 2.24) is 10.2 Å². The molecular weight excluding hydrogens is 580 g/mol. The summed E-state index contributed by atoms with van der Waals surface area (Å²) in [6, 6.07) is 6.44. The van der Waals surface area contributed by atoms with Crippen LogP contribution in [0.5, 0.6) is 0 Å². The van der Waals surface area contributed by atoms with E-state index < -0.39 is 34.4 Å². The van der Waals surface area contributed by atoms with Crippen molar-refractivity contribution < 1.29 is 18.0 Å². The van der Waals surface area contributed by atoms with E-state index in [1.807, 2.05) is 6.92 Å². The Morgan fingerprint density at radius 1 is 0.943 bits per heavy atom. The predicted octanol–water partition coefficient (Wildman–Crippen LogP) is 5.66. The number of benzene rings is 2. The van der Waals surface area contributed by atoms with E-state index in [0.29, 0.717) is 23.6 Å². The van der Waals surface area contributed by atoms with Crippen LogP contribution in [0.15, 0.2) is 30.3 Å². The largest absolute Gasteiger partial charge is 0.354 e. The van der Waals surface area contributed by atoms with Crippen LogP contribution in [0.25, 0.3) is 0 Å². The maximum absolute atomic E-state index is 13.5. The third kappa shape index (κ3) is 8.03.